The Morgan fingerprint density at radius 3 is 2.71 bits per heavy atom. The Kier molecular flexibility index (Phi) is 3.34. The van der Waals surface area contributed by atoms with Gasteiger partial charge in [0.15, 0.2) is 11.6 Å². The van der Waals surface area contributed by atoms with E-state index in [0.717, 1.165) is 23.4 Å². The minimum Gasteiger partial charge on any atom is -0.492 e. The molecule has 0 bridgehead atoms. The van der Waals surface area contributed by atoms with E-state index in [1.54, 1.807) is 0 Å². The molecular formula is C17H13F2NO. The molecule has 1 atom stereocenters. The van der Waals surface area contributed by atoms with Gasteiger partial charge < -0.3 is 4.74 Å². The molecule has 0 spiro atoms. The van der Waals surface area contributed by atoms with E-state index in [4.69, 9.17) is 4.74 Å². The van der Waals surface area contributed by atoms with E-state index >= 15 is 0 Å². The predicted octanol–water partition coefficient (Wildman–Crippen LogP) is 3.65. The fourth-order valence-electron chi connectivity index (χ4n) is 2.69. The molecule has 1 aliphatic heterocycles. The fourth-order valence-corrected chi connectivity index (χ4v) is 2.69. The molecule has 4 heteroatoms. The number of nitrogens with zero attached hydrogens (tertiary/aromatic N) is 1. The molecular weight excluding hydrogens is 272 g/mol. The van der Waals surface area contributed by atoms with Crippen molar-refractivity contribution in [2.45, 2.75) is 12.8 Å². The van der Waals surface area contributed by atoms with Gasteiger partial charge in [-0.25, -0.2) is 8.78 Å². The molecule has 1 aliphatic rings. The van der Waals surface area contributed by atoms with E-state index in [9.17, 15) is 14.0 Å². The summed E-state index contributed by atoms with van der Waals surface area (Å²) < 4.78 is 32.0. The largest absolute Gasteiger partial charge is 0.492 e. The highest BCUT2D eigenvalue weighted by molar-refractivity contribution is 5.38. The van der Waals surface area contributed by atoms with Crippen molar-refractivity contribution in [3.63, 3.8) is 0 Å². The van der Waals surface area contributed by atoms with Crippen molar-refractivity contribution in [3.8, 4) is 11.8 Å². The maximum atomic E-state index is 13.3. The van der Waals surface area contributed by atoms with Gasteiger partial charge in [-0.3, -0.25) is 0 Å². The normalized spacial score (nSPS) is 20.2. The quantitative estimate of drug-likeness (QED) is 0.843. The first-order valence-electron chi connectivity index (χ1n) is 6.68. The molecule has 21 heavy (non-hydrogen) atoms. The summed E-state index contributed by atoms with van der Waals surface area (Å²) >= 11 is 0. The van der Waals surface area contributed by atoms with Crippen LogP contribution in [0.5, 0.6) is 5.75 Å². The lowest BCUT2D eigenvalue weighted by Gasteiger charge is -2.32. The lowest BCUT2D eigenvalue weighted by Crippen LogP contribution is -2.35. The smallest absolute Gasteiger partial charge is 0.159 e. The fraction of sp³-hybridized carbons (Fsp3) is 0.235. The summed E-state index contributed by atoms with van der Waals surface area (Å²) in [5.74, 6) is -0.985. The predicted molar refractivity (Wildman–Crippen MR) is 73.7 cm³/mol. The second-order valence-electron chi connectivity index (χ2n) is 5.39. The molecule has 2 nitrogen and oxygen atoms in total. The summed E-state index contributed by atoms with van der Waals surface area (Å²) in [6, 6.07) is 13.6. The summed E-state index contributed by atoms with van der Waals surface area (Å²) in [4.78, 5) is 0. The Labute approximate surface area is 121 Å². The number of rotatable bonds is 2. The maximum absolute atomic E-state index is 13.3. The highest BCUT2D eigenvalue weighted by Gasteiger charge is 2.36. The number of benzene rings is 2. The first-order chi connectivity index (χ1) is 10.1. The molecule has 1 unspecified atom stereocenters. The lowest BCUT2D eigenvalue weighted by atomic mass is 9.77. The van der Waals surface area contributed by atoms with E-state index in [1.165, 1.54) is 6.07 Å². The molecule has 0 saturated heterocycles. The summed E-state index contributed by atoms with van der Waals surface area (Å²) in [6.07, 6.45) is 0.869. The van der Waals surface area contributed by atoms with Crippen LogP contribution in [0.1, 0.15) is 11.1 Å². The van der Waals surface area contributed by atoms with Crippen LogP contribution in [0.15, 0.2) is 42.5 Å². The zero-order chi connectivity index (χ0) is 14.9. The van der Waals surface area contributed by atoms with Crippen molar-refractivity contribution >= 4 is 0 Å². The molecule has 2 aromatic carbocycles. The Morgan fingerprint density at radius 1 is 1.14 bits per heavy atom. The first kappa shape index (κ1) is 13.6. The topological polar surface area (TPSA) is 33.0 Å². The lowest BCUT2D eigenvalue weighted by molar-refractivity contribution is 0.169. The number of nitriles is 1. The molecule has 0 radical (unpaired) electrons. The second-order valence-corrected chi connectivity index (χ2v) is 5.39. The van der Waals surface area contributed by atoms with Crippen LogP contribution < -0.4 is 4.74 Å². The van der Waals surface area contributed by atoms with Gasteiger partial charge in [0.25, 0.3) is 0 Å². The van der Waals surface area contributed by atoms with Crippen molar-refractivity contribution in [1.29, 1.82) is 5.26 Å². The molecule has 0 aromatic heterocycles. The van der Waals surface area contributed by atoms with Gasteiger partial charge in [0.2, 0.25) is 0 Å². The van der Waals surface area contributed by atoms with Crippen LogP contribution in [-0.2, 0) is 12.8 Å². The van der Waals surface area contributed by atoms with Crippen molar-refractivity contribution in [2.75, 3.05) is 6.61 Å². The highest BCUT2D eigenvalue weighted by atomic mass is 19.2. The van der Waals surface area contributed by atoms with E-state index < -0.39 is 17.0 Å². The third-order valence-corrected chi connectivity index (χ3v) is 3.77. The molecule has 0 amide bonds. The molecule has 1 heterocycles. The Balaban J connectivity index is 1.89. The SMILES string of the molecule is N#CC1(Cc2ccc(F)c(F)c2)COc2ccccc2C1. The van der Waals surface area contributed by atoms with Gasteiger partial charge in [-0.2, -0.15) is 5.26 Å². The van der Waals surface area contributed by atoms with Gasteiger partial charge in [-0.1, -0.05) is 24.3 Å². The third kappa shape index (κ3) is 2.59. The standard InChI is InChI=1S/C17H13F2NO/c18-14-6-5-12(7-15(14)19)8-17(10-20)9-13-3-1-2-4-16(13)21-11-17/h1-7H,8-9,11H2. The van der Waals surface area contributed by atoms with Gasteiger partial charge in [-0.05, 0) is 42.2 Å². The Hall–Kier alpha value is -2.41. The molecule has 0 fully saturated rings. The number of halogens is 2. The first-order valence-corrected chi connectivity index (χ1v) is 6.68. The van der Waals surface area contributed by atoms with Crippen LogP contribution in [0.2, 0.25) is 0 Å². The van der Waals surface area contributed by atoms with E-state index in [2.05, 4.69) is 6.07 Å². The number of para-hydroxylation sites is 1. The van der Waals surface area contributed by atoms with Crippen LogP contribution in [0.4, 0.5) is 8.78 Å². The number of hydrogen-bond donors (Lipinski definition) is 0. The van der Waals surface area contributed by atoms with Crippen LogP contribution in [0, 0.1) is 28.4 Å². The average Bonchev–Trinajstić information content (AvgIpc) is 2.51. The minimum absolute atomic E-state index is 0.250. The minimum atomic E-state index is -0.891. The van der Waals surface area contributed by atoms with Crippen LogP contribution in [0.3, 0.4) is 0 Å². The molecule has 3 rings (SSSR count). The monoisotopic (exact) mass is 285 g/mol. The Morgan fingerprint density at radius 2 is 1.95 bits per heavy atom. The summed E-state index contributed by atoms with van der Waals surface area (Å²) in [7, 11) is 0. The van der Waals surface area contributed by atoms with E-state index in [0.29, 0.717) is 18.4 Å². The van der Waals surface area contributed by atoms with E-state index in [-0.39, 0.29) is 6.61 Å². The average molecular weight is 285 g/mol. The molecule has 0 aliphatic carbocycles. The van der Waals surface area contributed by atoms with Crippen molar-refractivity contribution < 1.29 is 13.5 Å². The summed E-state index contributed by atoms with van der Waals surface area (Å²) in [5.41, 5.74) is 0.810. The van der Waals surface area contributed by atoms with Crippen molar-refractivity contribution in [1.82, 2.24) is 0 Å². The number of fused-ring (bicyclic) bond motifs is 1. The van der Waals surface area contributed by atoms with Crippen molar-refractivity contribution in [3.05, 3.63) is 65.2 Å². The summed E-state index contributed by atoms with van der Waals surface area (Å²) in [6.45, 7) is 0.250. The molecule has 0 N–H and O–H groups in total. The van der Waals surface area contributed by atoms with Gasteiger partial charge >= 0.3 is 0 Å². The highest BCUT2D eigenvalue weighted by Crippen LogP contribution is 2.36. The van der Waals surface area contributed by atoms with Gasteiger partial charge in [0, 0.05) is 0 Å². The van der Waals surface area contributed by atoms with Crippen LogP contribution in [-0.4, -0.2) is 6.61 Å². The zero-order valence-corrected chi connectivity index (χ0v) is 11.3. The maximum Gasteiger partial charge on any atom is 0.159 e. The van der Waals surface area contributed by atoms with Crippen LogP contribution in [0.25, 0.3) is 0 Å². The van der Waals surface area contributed by atoms with Gasteiger partial charge in [-0.15, -0.1) is 0 Å². The number of hydrogen-bond acceptors (Lipinski definition) is 2. The molecule has 106 valence electrons. The Bertz CT molecular complexity index is 723. The zero-order valence-electron chi connectivity index (χ0n) is 11.3. The van der Waals surface area contributed by atoms with Gasteiger partial charge in [0.05, 0.1) is 11.5 Å². The third-order valence-electron chi connectivity index (χ3n) is 3.77. The van der Waals surface area contributed by atoms with Crippen LogP contribution >= 0.6 is 0 Å². The molecule has 0 saturated carbocycles. The van der Waals surface area contributed by atoms with E-state index in [1.807, 2.05) is 24.3 Å². The van der Waals surface area contributed by atoms with Gasteiger partial charge in [0.1, 0.15) is 12.4 Å². The summed E-state index contributed by atoms with van der Waals surface area (Å²) in [5, 5.41) is 9.55. The number of ether oxygens (including phenoxy) is 1. The second kappa shape index (κ2) is 5.17. The molecule has 2 aromatic rings. The van der Waals surface area contributed by atoms with Crippen molar-refractivity contribution in [2.24, 2.45) is 5.41 Å².